The van der Waals surface area contributed by atoms with Gasteiger partial charge in [0.2, 0.25) is 10.0 Å². The zero-order chi connectivity index (χ0) is 23.0. The van der Waals surface area contributed by atoms with Crippen molar-refractivity contribution in [2.24, 2.45) is 5.73 Å². The lowest BCUT2D eigenvalue weighted by Crippen LogP contribution is -2.43. The van der Waals surface area contributed by atoms with Crippen LogP contribution in [0.25, 0.3) is 0 Å². The standard InChI is InChI=1S/C20H24F2N4O3S2/c1-2-31(28,29)26(20-25-18(13-30-20)19(24)27)17(7-5-3-4-6-8-23)11-14-9-15(21)12-16(22)10-14/h9-10,12-13,17H,2-7,11H2,1H3,(H2,24,27). The van der Waals surface area contributed by atoms with Gasteiger partial charge in [-0.3, -0.25) is 4.79 Å². The van der Waals surface area contributed by atoms with Crippen LogP contribution in [0.2, 0.25) is 0 Å². The summed E-state index contributed by atoms with van der Waals surface area (Å²) in [7, 11) is -3.82. The highest BCUT2D eigenvalue weighted by molar-refractivity contribution is 7.92. The lowest BCUT2D eigenvalue weighted by molar-refractivity contribution is 0.0996. The third-order valence-corrected chi connectivity index (χ3v) is 7.40. The Bertz CT molecular complexity index is 1030. The molecule has 0 saturated carbocycles. The molecule has 0 saturated heterocycles. The van der Waals surface area contributed by atoms with Crippen LogP contribution in [0.4, 0.5) is 13.9 Å². The molecule has 2 rings (SSSR count). The first kappa shape index (κ1) is 24.7. The van der Waals surface area contributed by atoms with E-state index in [2.05, 4.69) is 11.1 Å². The van der Waals surface area contributed by atoms with Crippen LogP contribution in [0.5, 0.6) is 0 Å². The van der Waals surface area contributed by atoms with E-state index >= 15 is 0 Å². The summed E-state index contributed by atoms with van der Waals surface area (Å²) >= 11 is 0.964. The van der Waals surface area contributed by atoms with E-state index in [1.54, 1.807) is 0 Å². The van der Waals surface area contributed by atoms with Crippen molar-refractivity contribution in [1.29, 1.82) is 5.26 Å². The third kappa shape index (κ3) is 6.97. The molecule has 0 fully saturated rings. The number of primary amides is 1. The topological polar surface area (TPSA) is 117 Å². The van der Waals surface area contributed by atoms with E-state index in [-0.39, 0.29) is 23.0 Å². The summed E-state index contributed by atoms with van der Waals surface area (Å²) in [5, 5.41) is 10.1. The minimum atomic E-state index is -3.82. The van der Waals surface area contributed by atoms with Gasteiger partial charge in [0.05, 0.1) is 17.9 Å². The van der Waals surface area contributed by atoms with Gasteiger partial charge in [0.1, 0.15) is 17.3 Å². The van der Waals surface area contributed by atoms with E-state index in [1.165, 1.54) is 24.4 Å². The molecule has 0 spiro atoms. The molecule has 11 heteroatoms. The number of unbranched alkanes of at least 4 members (excludes halogenated alkanes) is 3. The fourth-order valence-electron chi connectivity index (χ4n) is 3.18. The van der Waals surface area contributed by atoms with Gasteiger partial charge in [0.25, 0.3) is 5.91 Å². The maximum atomic E-state index is 13.7. The van der Waals surface area contributed by atoms with E-state index in [4.69, 9.17) is 11.0 Å². The molecular weight excluding hydrogens is 446 g/mol. The molecule has 7 nitrogen and oxygen atoms in total. The van der Waals surface area contributed by atoms with Crippen LogP contribution < -0.4 is 10.0 Å². The van der Waals surface area contributed by atoms with Gasteiger partial charge in [0.15, 0.2) is 5.13 Å². The van der Waals surface area contributed by atoms with Gasteiger partial charge in [0, 0.05) is 17.9 Å². The molecule has 31 heavy (non-hydrogen) atoms. The Morgan fingerprint density at radius 3 is 2.48 bits per heavy atom. The summed E-state index contributed by atoms with van der Waals surface area (Å²) in [5.74, 6) is -2.51. The number of nitriles is 1. The summed E-state index contributed by atoms with van der Waals surface area (Å²) in [6, 6.07) is 4.46. The van der Waals surface area contributed by atoms with Gasteiger partial charge in [-0.1, -0.05) is 12.8 Å². The number of amides is 1. The van der Waals surface area contributed by atoms with E-state index in [9.17, 15) is 22.0 Å². The minimum Gasteiger partial charge on any atom is -0.364 e. The van der Waals surface area contributed by atoms with Crippen LogP contribution in [0.3, 0.4) is 0 Å². The van der Waals surface area contributed by atoms with Crippen LogP contribution in [0.1, 0.15) is 55.1 Å². The zero-order valence-electron chi connectivity index (χ0n) is 17.1. The summed E-state index contributed by atoms with van der Waals surface area (Å²) < 4.78 is 54.5. The van der Waals surface area contributed by atoms with Gasteiger partial charge < -0.3 is 5.73 Å². The lowest BCUT2D eigenvalue weighted by Gasteiger charge is -2.31. The van der Waals surface area contributed by atoms with Gasteiger partial charge in [-0.25, -0.2) is 26.5 Å². The average Bonchev–Trinajstić information content (AvgIpc) is 3.16. The molecule has 1 heterocycles. The average molecular weight is 471 g/mol. The van der Waals surface area contributed by atoms with E-state index < -0.39 is 33.6 Å². The smallest absolute Gasteiger partial charge is 0.268 e. The quantitative estimate of drug-likeness (QED) is 0.474. The van der Waals surface area contributed by atoms with Crippen LogP contribution in [0.15, 0.2) is 23.6 Å². The van der Waals surface area contributed by atoms with Crippen molar-refractivity contribution < 1.29 is 22.0 Å². The molecule has 1 amide bonds. The van der Waals surface area contributed by atoms with Crippen LogP contribution in [0, 0.1) is 23.0 Å². The van der Waals surface area contributed by atoms with Crippen molar-refractivity contribution in [1.82, 2.24) is 4.98 Å². The zero-order valence-corrected chi connectivity index (χ0v) is 18.7. The third-order valence-electron chi connectivity index (χ3n) is 4.65. The number of nitrogens with zero attached hydrogens (tertiary/aromatic N) is 3. The number of sulfonamides is 1. The summed E-state index contributed by atoms with van der Waals surface area (Å²) in [6.45, 7) is 1.48. The summed E-state index contributed by atoms with van der Waals surface area (Å²) in [5.41, 5.74) is 5.51. The number of hydrogen-bond acceptors (Lipinski definition) is 6. The first-order valence-electron chi connectivity index (χ1n) is 9.77. The van der Waals surface area contributed by atoms with Gasteiger partial charge in [-0.05, 0) is 43.9 Å². The number of benzene rings is 1. The molecule has 2 aromatic rings. The maximum Gasteiger partial charge on any atom is 0.268 e. The fourth-order valence-corrected chi connectivity index (χ4v) is 5.63. The first-order valence-corrected chi connectivity index (χ1v) is 12.3. The van der Waals surface area contributed by atoms with Gasteiger partial charge in [-0.2, -0.15) is 5.26 Å². The monoisotopic (exact) mass is 470 g/mol. The highest BCUT2D eigenvalue weighted by Gasteiger charge is 2.32. The number of hydrogen-bond donors (Lipinski definition) is 1. The van der Waals surface area contributed by atoms with Crippen LogP contribution in [-0.2, 0) is 16.4 Å². The van der Waals surface area contributed by atoms with Crippen molar-refractivity contribution in [3.8, 4) is 6.07 Å². The molecule has 0 aliphatic rings. The predicted molar refractivity (Wildman–Crippen MR) is 115 cm³/mol. The maximum absolute atomic E-state index is 13.7. The van der Waals surface area contributed by atoms with Gasteiger partial charge in [-0.15, -0.1) is 11.3 Å². The number of rotatable bonds is 12. The van der Waals surface area contributed by atoms with Gasteiger partial charge >= 0.3 is 0 Å². The molecule has 1 aromatic carbocycles. The predicted octanol–water partition coefficient (Wildman–Crippen LogP) is 3.76. The molecule has 0 bridgehead atoms. The molecule has 1 unspecified atom stereocenters. The summed E-state index contributed by atoms with van der Waals surface area (Å²) in [4.78, 5) is 15.5. The van der Waals surface area contributed by atoms with E-state index in [0.29, 0.717) is 37.7 Å². The van der Waals surface area contributed by atoms with Crippen molar-refractivity contribution in [2.45, 2.75) is 51.5 Å². The second-order valence-corrected chi connectivity index (χ2v) is 9.94. The van der Waals surface area contributed by atoms with E-state index in [1.807, 2.05) is 0 Å². The minimum absolute atomic E-state index is 0.0532. The van der Waals surface area contributed by atoms with Crippen molar-refractivity contribution in [3.63, 3.8) is 0 Å². The highest BCUT2D eigenvalue weighted by atomic mass is 32.2. The first-order chi connectivity index (χ1) is 14.7. The van der Waals surface area contributed by atoms with Crippen LogP contribution >= 0.6 is 11.3 Å². The Kier molecular flexibility index (Phi) is 8.88. The van der Waals surface area contributed by atoms with E-state index in [0.717, 1.165) is 21.7 Å². The molecule has 168 valence electrons. The summed E-state index contributed by atoms with van der Waals surface area (Å²) in [6.07, 6.45) is 2.80. The van der Waals surface area contributed by atoms with Crippen molar-refractivity contribution in [3.05, 3.63) is 46.5 Å². The Morgan fingerprint density at radius 2 is 1.94 bits per heavy atom. The Hall–Kier alpha value is -2.58. The lowest BCUT2D eigenvalue weighted by atomic mass is 10.00. The number of thiazole rings is 1. The molecule has 0 aliphatic heterocycles. The number of carbonyl (C=O) groups is 1. The molecule has 1 aromatic heterocycles. The number of anilines is 1. The highest BCUT2D eigenvalue weighted by Crippen LogP contribution is 2.30. The number of aromatic nitrogens is 1. The molecule has 0 radical (unpaired) electrons. The molecule has 1 atom stereocenters. The Balaban J connectivity index is 2.42. The van der Waals surface area contributed by atoms with Crippen molar-refractivity contribution in [2.75, 3.05) is 10.1 Å². The largest absolute Gasteiger partial charge is 0.364 e. The Morgan fingerprint density at radius 1 is 1.26 bits per heavy atom. The second-order valence-electron chi connectivity index (χ2n) is 6.97. The normalized spacial score (nSPS) is 12.3. The van der Waals surface area contributed by atoms with Crippen LogP contribution in [-0.4, -0.2) is 31.1 Å². The van der Waals surface area contributed by atoms with Crippen molar-refractivity contribution >= 4 is 32.4 Å². The number of carbonyl (C=O) groups excluding carboxylic acids is 1. The molecular formula is C20H24F2N4O3S2. The fraction of sp³-hybridized carbons (Fsp3) is 0.450. The molecule has 2 N–H and O–H groups in total. The SMILES string of the molecule is CCS(=O)(=O)N(c1nc(C(N)=O)cs1)C(CCCCCC#N)Cc1cc(F)cc(F)c1. The molecule has 0 aliphatic carbocycles. The Labute approximate surface area is 184 Å². The second kappa shape index (κ2) is 11.2. The number of halogens is 2. The number of nitrogens with two attached hydrogens (primary N) is 1.